The molecule has 1 rings (SSSR count). The predicted molar refractivity (Wildman–Crippen MR) is 84.8 cm³/mol. The van der Waals surface area contributed by atoms with Crippen LogP contribution in [0.2, 0.25) is 0 Å². The molecule has 0 spiro atoms. The van der Waals surface area contributed by atoms with Crippen molar-refractivity contribution >= 4 is 10.0 Å². The Bertz CT molecular complexity index is 531. The van der Waals surface area contributed by atoms with Gasteiger partial charge in [0.25, 0.3) is 0 Å². The van der Waals surface area contributed by atoms with Crippen molar-refractivity contribution in [3.8, 4) is 0 Å². The smallest absolute Gasteiger partial charge is 0.242 e. The van der Waals surface area contributed by atoms with E-state index in [1.165, 1.54) is 4.31 Å². The van der Waals surface area contributed by atoms with Crippen molar-refractivity contribution in [2.45, 2.75) is 31.2 Å². The summed E-state index contributed by atoms with van der Waals surface area (Å²) >= 11 is 0. The first-order chi connectivity index (χ1) is 9.93. The minimum Gasteiger partial charge on any atom is -0.385 e. The Kier molecular flexibility index (Phi) is 7.31. The zero-order chi connectivity index (χ0) is 15.9. The lowest BCUT2D eigenvalue weighted by Gasteiger charge is -2.19. The number of hydrogen-bond donors (Lipinski definition) is 1. The second-order valence-corrected chi connectivity index (χ2v) is 7.07. The van der Waals surface area contributed by atoms with E-state index in [1.807, 2.05) is 19.9 Å². The third kappa shape index (κ3) is 5.07. The van der Waals surface area contributed by atoms with Gasteiger partial charge in [0.15, 0.2) is 0 Å². The molecule has 5 nitrogen and oxygen atoms in total. The molecule has 120 valence electrons. The fourth-order valence-corrected chi connectivity index (χ4v) is 3.36. The van der Waals surface area contributed by atoms with E-state index in [9.17, 15) is 8.42 Å². The van der Waals surface area contributed by atoms with Crippen LogP contribution in [-0.4, -0.2) is 46.6 Å². The number of nitrogens with zero attached hydrogens (tertiary/aromatic N) is 1. The average Bonchev–Trinajstić information content (AvgIpc) is 2.47. The van der Waals surface area contributed by atoms with E-state index >= 15 is 0 Å². The molecule has 1 N–H and O–H groups in total. The van der Waals surface area contributed by atoms with E-state index < -0.39 is 10.0 Å². The van der Waals surface area contributed by atoms with Gasteiger partial charge in [0.05, 0.1) is 4.90 Å². The van der Waals surface area contributed by atoms with Gasteiger partial charge < -0.3 is 10.1 Å². The summed E-state index contributed by atoms with van der Waals surface area (Å²) in [5.41, 5.74) is 0.975. The molecule has 6 heteroatoms. The summed E-state index contributed by atoms with van der Waals surface area (Å²) < 4.78 is 31.4. The van der Waals surface area contributed by atoms with Crippen molar-refractivity contribution in [2.24, 2.45) is 0 Å². The molecule has 0 bridgehead atoms. The van der Waals surface area contributed by atoms with Crippen LogP contribution in [0, 0.1) is 0 Å². The maximum absolute atomic E-state index is 12.5. The highest BCUT2D eigenvalue weighted by atomic mass is 32.2. The van der Waals surface area contributed by atoms with Gasteiger partial charge in [-0.15, -0.1) is 0 Å². The molecule has 1 aromatic carbocycles. The number of benzene rings is 1. The second kappa shape index (κ2) is 8.48. The Morgan fingerprint density at radius 3 is 2.71 bits per heavy atom. The van der Waals surface area contributed by atoms with E-state index in [2.05, 4.69) is 5.32 Å². The van der Waals surface area contributed by atoms with Gasteiger partial charge in [0.1, 0.15) is 0 Å². The number of nitrogens with one attached hydrogen (secondary N) is 1. The number of sulfonamides is 1. The molecule has 1 unspecified atom stereocenters. The van der Waals surface area contributed by atoms with Gasteiger partial charge in [0.2, 0.25) is 10.0 Å². The molecule has 0 aliphatic rings. The van der Waals surface area contributed by atoms with Gasteiger partial charge >= 0.3 is 0 Å². The molecule has 0 saturated heterocycles. The standard InChI is InChI=1S/C15H26N2O3S/c1-5-16-13(2)14-8-6-9-15(12-14)21(18,19)17(3)10-7-11-20-4/h6,8-9,12-13,16H,5,7,10-11H2,1-4H3. The largest absolute Gasteiger partial charge is 0.385 e. The minimum atomic E-state index is -3.44. The summed E-state index contributed by atoms with van der Waals surface area (Å²) in [5, 5.41) is 3.29. The van der Waals surface area contributed by atoms with Gasteiger partial charge in [-0.1, -0.05) is 19.1 Å². The SMILES string of the molecule is CCNC(C)c1cccc(S(=O)(=O)N(C)CCCOC)c1. The van der Waals surface area contributed by atoms with Crippen LogP contribution >= 0.6 is 0 Å². The van der Waals surface area contributed by atoms with Crippen LogP contribution < -0.4 is 5.32 Å². The number of methoxy groups -OCH3 is 1. The topological polar surface area (TPSA) is 58.6 Å². The maximum atomic E-state index is 12.5. The van der Waals surface area contributed by atoms with Crippen molar-refractivity contribution in [1.29, 1.82) is 0 Å². The summed E-state index contributed by atoms with van der Waals surface area (Å²) in [6.45, 7) is 5.90. The molecule has 0 heterocycles. The number of ether oxygens (including phenoxy) is 1. The van der Waals surface area contributed by atoms with Crippen LogP contribution in [0.3, 0.4) is 0 Å². The molecule has 1 aromatic rings. The molecule has 1 atom stereocenters. The second-order valence-electron chi connectivity index (χ2n) is 5.02. The fourth-order valence-electron chi connectivity index (χ4n) is 2.10. The molecule has 0 fully saturated rings. The van der Waals surface area contributed by atoms with Gasteiger partial charge in [-0.3, -0.25) is 0 Å². The first-order valence-electron chi connectivity index (χ1n) is 7.22. The Labute approximate surface area is 128 Å². The first-order valence-corrected chi connectivity index (χ1v) is 8.66. The lowest BCUT2D eigenvalue weighted by molar-refractivity contribution is 0.189. The molecule has 0 aromatic heterocycles. The summed E-state index contributed by atoms with van der Waals surface area (Å²) in [6.07, 6.45) is 0.680. The van der Waals surface area contributed by atoms with Crippen molar-refractivity contribution < 1.29 is 13.2 Å². The lowest BCUT2D eigenvalue weighted by atomic mass is 10.1. The van der Waals surface area contributed by atoms with Crippen molar-refractivity contribution in [3.63, 3.8) is 0 Å². The quantitative estimate of drug-likeness (QED) is 0.709. The number of hydrogen-bond acceptors (Lipinski definition) is 4. The Morgan fingerprint density at radius 2 is 2.10 bits per heavy atom. The zero-order valence-corrected chi connectivity index (χ0v) is 14.1. The average molecular weight is 314 g/mol. The fraction of sp³-hybridized carbons (Fsp3) is 0.600. The minimum absolute atomic E-state index is 0.129. The van der Waals surface area contributed by atoms with Crippen molar-refractivity contribution in [2.75, 3.05) is 33.9 Å². The van der Waals surface area contributed by atoms with E-state index in [-0.39, 0.29) is 6.04 Å². The number of rotatable bonds is 9. The molecule has 21 heavy (non-hydrogen) atoms. The van der Waals surface area contributed by atoms with Gasteiger partial charge in [0, 0.05) is 33.4 Å². The normalized spacial score (nSPS) is 13.6. The molecule has 0 saturated carbocycles. The van der Waals surface area contributed by atoms with Crippen LogP contribution in [0.25, 0.3) is 0 Å². The van der Waals surface area contributed by atoms with Crippen LogP contribution in [-0.2, 0) is 14.8 Å². The first kappa shape index (κ1) is 18.1. The summed E-state index contributed by atoms with van der Waals surface area (Å²) in [7, 11) is -0.227. The van der Waals surface area contributed by atoms with E-state index in [1.54, 1.807) is 32.4 Å². The monoisotopic (exact) mass is 314 g/mol. The Balaban J connectivity index is 2.90. The van der Waals surface area contributed by atoms with Crippen LogP contribution in [0.5, 0.6) is 0 Å². The zero-order valence-electron chi connectivity index (χ0n) is 13.3. The van der Waals surface area contributed by atoms with Gasteiger partial charge in [-0.05, 0) is 37.6 Å². The summed E-state index contributed by atoms with van der Waals surface area (Å²) in [6, 6.07) is 7.25. The molecule has 0 aliphatic carbocycles. The summed E-state index contributed by atoms with van der Waals surface area (Å²) in [5.74, 6) is 0. The van der Waals surface area contributed by atoms with E-state index in [0.717, 1.165) is 12.1 Å². The highest BCUT2D eigenvalue weighted by molar-refractivity contribution is 7.89. The van der Waals surface area contributed by atoms with Crippen LogP contribution in [0.4, 0.5) is 0 Å². The van der Waals surface area contributed by atoms with Gasteiger partial charge in [-0.2, -0.15) is 0 Å². The molecular formula is C15H26N2O3S. The highest BCUT2D eigenvalue weighted by Gasteiger charge is 2.21. The van der Waals surface area contributed by atoms with Gasteiger partial charge in [-0.25, -0.2) is 12.7 Å². The Hall–Kier alpha value is -0.950. The van der Waals surface area contributed by atoms with Crippen LogP contribution in [0.1, 0.15) is 31.9 Å². The van der Waals surface area contributed by atoms with Crippen LogP contribution in [0.15, 0.2) is 29.2 Å². The third-order valence-electron chi connectivity index (χ3n) is 3.40. The lowest BCUT2D eigenvalue weighted by Crippen LogP contribution is -2.29. The molecule has 0 aliphatic heterocycles. The molecule has 0 radical (unpaired) electrons. The third-order valence-corrected chi connectivity index (χ3v) is 5.25. The van der Waals surface area contributed by atoms with E-state index in [4.69, 9.17) is 4.74 Å². The molecular weight excluding hydrogens is 288 g/mol. The predicted octanol–water partition coefficient (Wildman–Crippen LogP) is 2.01. The molecule has 0 amide bonds. The maximum Gasteiger partial charge on any atom is 0.242 e. The highest BCUT2D eigenvalue weighted by Crippen LogP contribution is 2.20. The summed E-state index contributed by atoms with van der Waals surface area (Å²) in [4.78, 5) is 0.338. The van der Waals surface area contributed by atoms with Crippen molar-refractivity contribution in [3.05, 3.63) is 29.8 Å². The van der Waals surface area contributed by atoms with Crippen molar-refractivity contribution in [1.82, 2.24) is 9.62 Å². The Morgan fingerprint density at radius 1 is 1.38 bits per heavy atom. The van der Waals surface area contributed by atoms with E-state index in [0.29, 0.717) is 24.5 Å².